The van der Waals surface area contributed by atoms with Gasteiger partial charge in [0.1, 0.15) is 0 Å². The minimum absolute atomic E-state index is 0.890. The molecule has 21 heavy (non-hydrogen) atoms. The van der Waals surface area contributed by atoms with E-state index in [-0.39, 0.29) is 0 Å². The van der Waals surface area contributed by atoms with Crippen LogP contribution in [0.5, 0.6) is 0 Å². The van der Waals surface area contributed by atoms with Crippen LogP contribution in [0, 0.1) is 17.8 Å². The lowest BCUT2D eigenvalue weighted by Gasteiger charge is -2.36. The first kappa shape index (κ1) is 15.8. The molecule has 1 saturated heterocycles. The van der Waals surface area contributed by atoms with E-state index in [4.69, 9.17) is 0 Å². The summed E-state index contributed by atoms with van der Waals surface area (Å²) < 4.78 is 0. The summed E-state index contributed by atoms with van der Waals surface area (Å²) in [5.74, 6) is 2.80. The van der Waals surface area contributed by atoms with Crippen molar-refractivity contribution in [1.29, 1.82) is 0 Å². The molecule has 0 radical (unpaired) electrons. The molecule has 3 rings (SSSR count). The van der Waals surface area contributed by atoms with Crippen molar-refractivity contribution in [2.24, 2.45) is 17.8 Å². The van der Waals surface area contributed by atoms with Crippen molar-refractivity contribution in [2.75, 3.05) is 19.6 Å². The van der Waals surface area contributed by atoms with E-state index in [1.54, 1.807) is 0 Å². The topological polar surface area (TPSA) is 15.3 Å². The molecule has 2 aliphatic carbocycles. The van der Waals surface area contributed by atoms with Crippen molar-refractivity contribution in [1.82, 2.24) is 10.2 Å². The van der Waals surface area contributed by atoms with Crippen molar-refractivity contribution in [3.8, 4) is 0 Å². The molecular weight excluding hydrogens is 256 g/mol. The Morgan fingerprint density at radius 3 is 2.33 bits per heavy atom. The van der Waals surface area contributed by atoms with Crippen molar-refractivity contribution in [3.63, 3.8) is 0 Å². The smallest absolute Gasteiger partial charge is 0.00994 e. The minimum atomic E-state index is 0.890. The maximum Gasteiger partial charge on any atom is 0.00994 e. The molecule has 0 bridgehead atoms. The van der Waals surface area contributed by atoms with Crippen molar-refractivity contribution < 1.29 is 0 Å². The van der Waals surface area contributed by atoms with E-state index in [2.05, 4.69) is 24.1 Å². The fourth-order valence-electron chi connectivity index (χ4n) is 4.69. The Morgan fingerprint density at radius 1 is 0.905 bits per heavy atom. The molecule has 2 saturated carbocycles. The highest BCUT2D eigenvalue weighted by atomic mass is 15.2. The van der Waals surface area contributed by atoms with Crippen LogP contribution in [0.4, 0.5) is 0 Å². The van der Waals surface area contributed by atoms with Gasteiger partial charge in [0.25, 0.3) is 0 Å². The van der Waals surface area contributed by atoms with Crippen LogP contribution in [-0.2, 0) is 0 Å². The molecule has 1 aliphatic heterocycles. The lowest BCUT2D eigenvalue weighted by atomic mass is 9.89. The number of hydrogen-bond donors (Lipinski definition) is 1. The van der Waals surface area contributed by atoms with Gasteiger partial charge in [-0.15, -0.1) is 0 Å². The van der Waals surface area contributed by atoms with Crippen LogP contribution in [0.2, 0.25) is 0 Å². The van der Waals surface area contributed by atoms with Gasteiger partial charge in [0.05, 0.1) is 0 Å². The standard InChI is InChI=1S/C19H36N2/c1-15(2)17-6-3-7-18(9-8-17)21(19-10-11-19)14-16-5-4-12-20-13-16/h15-20H,3-14H2,1-2H3. The Kier molecular flexibility index (Phi) is 5.61. The lowest BCUT2D eigenvalue weighted by Crippen LogP contribution is -2.44. The predicted molar refractivity (Wildman–Crippen MR) is 90.5 cm³/mol. The fraction of sp³-hybridized carbons (Fsp3) is 1.00. The van der Waals surface area contributed by atoms with E-state index in [1.165, 1.54) is 77.4 Å². The fourth-order valence-corrected chi connectivity index (χ4v) is 4.69. The Bertz CT molecular complexity index is 305. The SMILES string of the molecule is CC(C)C1CCCC(N(CC2CCCNC2)C2CC2)CC1. The van der Waals surface area contributed by atoms with Crippen LogP contribution in [-0.4, -0.2) is 36.6 Å². The molecule has 1 heterocycles. The second-order valence-corrected chi connectivity index (χ2v) is 8.31. The molecule has 0 aromatic carbocycles. The minimum Gasteiger partial charge on any atom is -0.316 e. The van der Waals surface area contributed by atoms with E-state index in [0.29, 0.717) is 0 Å². The number of hydrogen-bond acceptors (Lipinski definition) is 2. The van der Waals surface area contributed by atoms with Crippen LogP contribution in [0.15, 0.2) is 0 Å². The number of rotatable bonds is 5. The zero-order valence-electron chi connectivity index (χ0n) is 14.3. The largest absolute Gasteiger partial charge is 0.316 e. The summed E-state index contributed by atoms with van der Waals surface area (Å²) in [6, 6.07) is 1.86. The third-order valence-corrected chi connectivity index (χ3v) is 6.28. The highest BCUT2D eigenvalue weighted by Gasteiger charge is 2.36. The Morgan fingerprint density at radius 2 is 1.67 bits per heavy atom. The molecule has 3 fully saturated rings. The molecule has 0 aromatic rings. The van der Waals surface area contributed by atoms with Crippen molar-refractivity contribution in [3.05, 3.63) is 0 Å². The zero-order valence-corrected chi connectivity index (χ0v) is 14.3. The molecule has 2 heteroatoms. The number of nitrogens with one attached hydrogen (secondary N) is 1. The highest BCUT2D eigenvalue weighted by molar-refractivity contribution is 4.91. The van der Waals surface area contributed by atoms with Crippen LogP contribution in [0.25, 0.3) is 0 Å². The van der Waals surface area contributed by atoms with E-state index in [9.17, 15) is 0 Å². The van der Waals surface area contributed by atoms with Crippen LogP contribution >= 0.6 is 0 Å². The summed E-state index contributed by atoms with van der Waals surface area (Å²) in [6.45, 7) is 8.76. The second kappa shape index (κ2) is 7.46. The molecule has 1 N–H and O–H groups in total. The third-order valence-electron chi connectivity index (χ3n) is 6.28. The van der Waals surface area contributed by atoms with Crippen LogP contribution < -0.4 is 5.32 Å². The Balaban J connectivity index is 1.55. The molecule has 0 spiro atoms. The normalized spacial score (nSPS) is 35.1. The van der Waals surface area contributed by atoms with Gasteiger partial charge < -0.3 is 5.32 Å². The van der Waals surface area contributed by atoms with Crippen molar-refractivity contribution in [2.45, 2.75) is 83.7 Å². The monoisotopic (exact) mass is 292 g/mol. The zero-order chi connectivity index (χ0) is 14.7. The van der Waals surface area contributed by atoms with Gasteiger partial charge >= 0.3 is 0 Å². The number of piperidine rings is 1. The van der Waals surface area contributed by atoms with E-state index in [1.807, 2.05) is 0 Å². The summed E-state index contributed by atoms with van der Waals surface area (Å²) >= 11 is 0. The summed E-state index contributed by atoms with van der Waals surface area (Å²) in [6.07, 6.45) is 13.2. The lowest BCUT2D eigenvalue weighted by molar-refractivity contribution is 0.131. The van der Waals surface area contributed by atoms with Gasteiger partial charge in [-0.05, 0) is 75.8 Å². The average molecular weight is 293 g/mol. The first-order valence-electron chi connectivity index (χ1n) is 9.70. The van der Waals surface area contributed by atoms with Gasteiger partial charge in [-0.1, -0.05) is 26.7 Å². The maximum atomic E-state index is 3.61. The van der Waals surface area contributed by atoms with Gasteiger partial charge in [-0.2, -0.15) is 0 Å². The second-order valence-electron chi connectivity index (χ2n) is 8.31. The first-order valence-corrected chi connectivity index (χ1v) is 9.70. The number of nitrogens with zero attached hydrogens (tertiary/aromatic N) is 1. The molecular formula is C19H36N2. The van der Waals surface area contributed by atoms with Crippen molar-refractivity contribution >= 4 is 0 Å². The summed E-state index contributed by atoms with van der Waals surface area (Å²) in [5.41, 5.74) is 0. The summed E-state index contributed by atoms with van der Waals surface area (Å²) in [7, 11) is 0. The third kappa shape index (κ3) is 4.45. The van der Waals surface area contributed by atoms with E-state index >= 15 is 0 Å². The molecule has 122 valence electrons. The van der Waals surface area contributed by atoms with Gasteiger partial charge in [-0.3, -0.25) is 4.90 Å². The molecule has 0 amide bonds. The quantitative estimate of drug-likeness (QED) is 0.769. The summed E-state index contributed by atoms with van der Waals surface area (Å²) in [4.78, 5) is 2.96. The molecule has 3 atom stereocenters. The van der Waals surface area contributed by atoms with Gasteiger partial charge in [0, 0.05) is 18.6 Å². The molecule has 0 aromatic heterocycles. The van der Waals surface area contributed by atoms with Crippen LogP contribution in [0.3, 0.4) is 0 Å². The average Bonchev–Trinajstić information content (AvgIpc) is 3.32. The first-order chi connectivity index (χ1) is 10.2. The Labute approximate surface area is 132 Å². The highest BCUT2D eigenvalue weighted by Crippen LogP contribution is 2.36. The van der Waals surface area contributed by atoms with Gasteiger partial charge in [0.2, 0.25) is 0 Å². The van der Waals surface area contributed by atoms with E-state index < -0.39 is 0 Å². The van der Waals surface area contributed by atoms with E-state index in [0.717, 1.165) is 29.8 Å². The van der Waals surface area contributed by atoms with Gasteiger partial charge in [0.15, 0.2) is 0 Å². The molecule has 3 unspecified atom stereocenters. The predicted octanol–water partition coefficient (Wildman–Crippen LogP) is 4.06. The molecule has 2 nitrogen and oxygen atoms in total. The van der Waals surface area contributed by atoms with Gasteiger partial charge in [-0.25, -0.2) is 0 Å². The Hall–Kier alpha value is -0.0800. The van der Waals surface area contributed by atoms with Crippen LogP contribution in [0.1, 0.15) is 71.6 Å². The summed E-state index contributed by atoms with van der Waals surface area (Å²) in [5, 5.41) is 3.61. The molecule has 3 aliphatic rings. The maximum absolute atomic E-state index is 3.61.